The maximum atomic E-state index is 11.5. The van der Waals surface area contributed by atoms with E-state index in [-0.39, 0.29) is 5.56 Å². The molecule has 1 aliphatic carbocycles. The van der Waals surface area contributed by atoms with Gasteiger partial charge in [0.15, 0.2) is 5.65 Å². The number of aromatic amines is 1. The number of rotatable bonds is 1. The number of pyridine rings is 1. The molecule has 1 fully saturated rings. The molecule has 0 aromatic carbocycles. The maximum Gasteiger partial charge on any atom is 0.271 e. The van der Waals surface area contributed by atoms with Gasteiger partial charge in [-0.15, -0.1) is 0 Å². The first kappa shape index (κ1) is 8.71. The number of hydrogen-bond acceptors (Lipinski definition) is 2. The highest BCUT2D eigenvalue weighted by Gasteiger charge is 2.20. The highest BCUT2D eigenvalue weighted by Crippen LogP contribution is 2.31. The molecule has 15 heavy (non-hydrogen) atoms. The van der Waals surface area contributed by atoms with Gasteiger partial charge in [0.25, 0.3) is 5.56 Å². The molecule has 1 aliphatic rings. The fourth-order valence-corrected chi connectivity index (χ4v) is 2.32. The Morgan fingerprint density at radius 1 is 1.33 bits per heavy atom. The molecular formula is C11H13N3O. The van der Waals surface area contributed by atoms with Crippen molar-refractivity contribution in [1.29, 1.82) is 0 Å². The number of nitrogens with zero attached hydrogens (tertiary/aromatic N) is 2. The third-order valence-electron chi connectivity index (χ3n) is 3.14. The quantitative estimate of drug-likeness (QED) is 0.766. The second-order valence-electron chi connectivity index (χ2n) is 4.15. The number of hydrogen-bond donors (Lipinski definition) is 1. The summed E-state index contributed by atoms with van der Waals surface area (Å²) in [6, 6.07) is 5.15. The summed E-state index contributed by atoms with van der Waals surface area (Å²) < 4.78 is 1.52. The third-order valence-corrected chi connectivity index (χ3v) is 3.14. The Kier molecular flexibility index (Phi) is 1.87. The van der Waals surface area contributed by atoms with E-state index >= 15 is 0 Å². The molecule has 0 radical (unpaired) electrons. The summed E-state index contributed by atoms with van der Waals surface area (Å²) in [6.07, 6.45) is 4.93. The van der Waals surface area contributed by atoms with Crippen molar-refractivity contribution in [3.63, 3.8) is 0 Å². The van der Waals surface area contributed by atoms with Crippen molar-refractivity contribution in [2.75, 3.05) is 0 Å². The van der Waals surface area contributed by atoms with Crippen LogP contribution in [0.5, 0.6) is 0 Å². The Bertz CT molecular complexity index is 534. The molecule has 0 aliphatic heterocycles. The summed E-state index contributed by atoms with van der Waals surface area (Å²) in [7, 11) is 0. The molecular weight excluding hydrogens is 190 g/mol. The Balaban J connectivity index is 2.13. The minimum atomic E-state index is -0.0377. The van der Waals surface area contributed by atoms with Crippen LogP contribution < -0.4 is 5.56 Å². The highest BCUT2D eigenvalue weighted by atomic mass is 16.1. The van der Waals surface area contributed by atoms with Crippen LogP contribution in [0, 0.1) is 0 Å². The molecule has 4 heteroatoms. The highest BCUT2D eigenvalue weighted by molar-refractivity contribution is 5.36. The van der Waals surface area contributed by atoms with Crippen LogP contribution >= 0.6 is 0 Å². The van der Waals surface area contributed by atoms with Crippen molar-refractivity contribution in [1.82, 2.24) is 14.6 Å². The minimum absolute atomic E-state index is 0.0377. The second-order valence-corrected chi connectivity index (χ2v) is 4.15. The number of aromatic nitrogens is 3. The van der Waals surface area contributed by atoms with E-state index in [0.29, 0.717) is 5.92 Å². The summed E-state index contributed by atoms with van der Waals surface area (Å²) in [5.41, 5.74) is 0.689. The van der Waals surface area contributed by atoms with Crippen molar-refractivity contribution in [2.45, 2.75) is 31.6 Å². The molecule has 0 amide bonds. The molecule has 2 aromatic heterocycles. The van der Waals surface area contributed by atoms with Crippen LogP contribution in [0.3, 0.4) is 0 Å². The van der Waals surface area contributed by atoms with E-state index in [9.17, 15) is 4.79 Å². The van der Waals surface area contributed by atoms with E-state index < -0.39 is 0 Å². The molecule has 0 saturated heterocycles. The van der Waals surface area contributed by atoms with E-state index in [1.807, 2.05) is 6.07 Å². The van der Waals surface area contributed by atoms with Gasteiger partial charge in [0.1, 0.15) is 5.82 Å². The molecule has 0 atom stereocenters. The molecule has 0 unspecified atom stereocenters. The Hall–Kier alpha value is -1.58. The van der Waals surface area contributed by atoms with Crippen LogP contribution in [0.4, 0.5) is 0 Å². The summed E-state index contributed by atoms with van der Waals surface area (Å²) in [6.45, 7) is 0. The summed E-state index contributed by atoms with van der Waals surface area (Å²) in [5, 5.41) is 3.10. The van der Waals surface area contributed by atoms with Gasteiger partial charge in [0, 0.05) is 12.0 Å². The van der Waals surface area contributed by atoms with Crippen LogP contribution in [0.2, 0.25) is 0 Å². The standard InChI is InChI=1S/C11H13N3O/c15-10-7-3-6-9-12-11(13-14(9)10)8-4-1-2-5-8/h3,6-8H,1-2,4-5H2,(H,12,13). The van der Waals surface area contributed by atoms with E-state index in [1.54, 1.807) is 12.1 Å². The maximum absolute atomic E-state index is 11.5. The Labute approximate surface area is 86.9 Å². The molecule has 0 spiro atoms. The van der Waals surface area contributed by atoms with Crippen LogP contribution in [-0.2, 0) is 0 Å². The fourth-order valence-electron chi connectivity index (χ4n) is 2.32. The van der Waals surface area contributed by atoms with Gasteiger partial charge in [-0.1, -0.05) is 18.9 Å². The molecule has 78 valence electrons. The minimum Gasteiger partial charge on any atom is -0.276 e. The van der Waals surface area contributed by atoms with Gasteiger partial charge in [0.05, 0.1) is 0 Å². The Morgan fingerprint density at radius 3 is 2.87 bits per heavy atom. The first-order chi connectivity index (χ1) is 7.34. The first-order valence-electron chi connectivity index (χ1n) is 5.42. The van der Waals surface area contributed by atoms with E-state index in [4.69, 9.17) is 0 Å². The number of H-pyrrole nitrogens is 1. The van der Waals surface area contributed by atoms with E-state index in [1.165, 1.54) is 30.2 Å². The van der Waals surface area contributed by atoms with Crippen molar-refractivity contribution in [3.8, 4) is 0 Å². The predicted octanol–water partition coefficient (Wildman–Crippen LogP) is 1.68. The molecule has 3 rings (SSSR count). The van der Waals surface area contributed by atoms with Gasteiger partial charge in [-0.3, -0.25) is 9.89 Å². The van der Waals surface area contributed by atoms with Crippen LogP contribution in [0.15, 0.2) is 23.0 Å². The molecule has 0 bridgehead atoms. The van der Waals surface area contributed by atoms with Crippen LogP contribution in [0.25, 0.3) is 5.65 Å². The molecule has 1 saturated carbocycles. The lowest BCUT2D eigenvalue weighted by atomic mass is 10.1. The van der Waals surface area contributed by atoms with E-state index in [2.05, 4.69) is 10.1 Å². The predicted molar refractivity (Wildman–Crippen MR) is 57.0 cm³/mol. The topological polar surface area (TPSA) is 50.2 Å². The zero-order valence-electron chi connectivity index (χ0n) is 8.44. The zero-order valence-corrected chi connectivity index (χ0v) is 8.44. The first-order valence-corrected chi connectivity index (χ1v) is 5.42. The summed E-state index contributed by atoms with van der Waals surface area (Å²) >= 11 is 0. The average Bonchev–Trinajstić information content (AvgIpc) is 2.86. The van der Waals surface area contributed by atoms with Crippen molar-refractivity contribution in [2.24, 2.45) is 0 Å². The Morgan fingerprint density at radius 2 is 2.13 bits per heavy atom. The van der Waals surface area contributed by atoms with Gasteiger partial charge in [-0.25, -0.2) is 9.50 Å². The van der Waals surface area contributed by atoms with Gasteiger partial charge < -0.3 is 0 Å². The summed E-state index contributed by atoms with van der Waals surface area (Å²) in [4.78, 5) is 16.0. The monoisotopic (exact) mass is 203 g/mol. The van der Waals surface area contributed by atoms with Crippen molar-refractivity contribution < 1.29 is 0 Å². The third kappa shape index (κ3) is 1.37. The lowest BCUT2D eigenvalue weighted by Gasteiger charge is -2.01. The van der Waals surface area contributed by atoms with Gasteiger partial charge >= 0.3 is 0 Å². The van der Waals surface area contributed by atoms with Gasteiger partial charge in [-0.2, -0.15) is 0 Å². The lowest BCUT2D eigenvalue weighted by molar-refractivity contribution is 0.664. The van der Waals surface area contributed by atoms with Gasteiger partial charge in [-0.05, 0) is 18.9 Å². The smallest absolute Gasteiger partial charge is 0.271 e. The SMILES string of the molecule is O=c1cccc2nc(C3CCCC3)[nH]n12. The van der Waals surface area contributed by atoms with Gasteiger partial charge in [0.2, 0.25) is 0 Å². The van der Waals surface area contributed by atoms with Crippen LogP contribution in [-0.4, -0.2) is 14.6 Å². The van der Waals surface area contributed by atoms with E-state index in [0.717, 1.165) is 11.5 Å². The second kappa shape index (κ2) is 3.22. The summed E-state index contributed by atoms with van der Waals surface area (Å²) in [5.74, 6) is 1.49. The van der Waals surface area contributed by atoms with Crippen molar-refractivity contribution in [3.05, 3.63) is 34.4 Å². The number of nitrogens with one attached hydrogen (secondary N) is 1. The average molecular weight is 203 g/mol. The van der Waals surface area contributed by atoms with Crippen molar-refractivity contribution >= 4 is 5.65 Å². The normalized spacial score (nSPS) is 17.6. The largest absolute Gasteiger partial charge is 0.276 e. The number of fused-ring (bicyclic) bond motifs is 1. The molecule has 4 nitrogen and oxygen atoms in total. The zero-order chi connectivity index (χ0) is 10.3. The molecule has 2 heterocycles. The lowest BCUT2D eigenvalue weighted by Crippen LogP contribution is -2.11. The molecule has 1 N–H and O–H groups in total. The van der Waals surface area contributed by atoms with Crippen LogP contribution in [0.1, 0.15) is 37.4 Å². The molecule has 2 aromatic rings. The fraction of sp³-hybridized carbons (Fsp3) is 0.455.